The van der Waals surface area contributed by atoms with Crippen molar-refractivity contribution in [3.63, 3.8) is 0 Å². The van der Waals surface area contributed by atoms with Gasteiger partial charge in [0.25, 0.3) is 0 Å². The summed E-state index contributed by atoms with van der Waals surface area (Å²) < 4.78 is 5.56. The molecule has 0 radical (unpaired) electrons. The van der Waals surface area contributed by atoms with Crippen LogP contribution in [0.3, 0.4) is 0 Å². The first kappa shape index (κ1) is 22.4. The number of hydrogen-bond donors (Lipinski definition) is 1. The van der Waals surface area contributed by atoms with Crippen LogP contribution >= 0.6 is 0 Å². The van der Waals surface area contributed by atoms with Gasteiger partial charge in [0.1, 0.15) is 11.6 Å². The quantitative estimate of drug-likeness (QED) is 0.517. The van der Waals surface area contributed by atoms with Gasteiger partial charge in [0.2, 0.25) is 5.91 Å². The molecule has 156 valence electrons. The third-order valence-corrected chi connectivity index (χ3v) is 4.97. The zero-order chi connectivity index (χ0) is 20.6. The van der Waals surface area contributed by atoms with Crippen LogP contribution in [-0.2, 0) is 20.7 Å². The summed E-state index contributed by atoms with van der Waals surface area (Å²) in [6, 6.07) is 9.27. The molecule has 0 aliphatic carbocycles. The lowest BCUT2D eigenvalue weighted by atomic mass is 10.0. The molecule has 5 nitrogen and oxygen atoms in total. The highest BCUT2D eigenvalue weighted by Crippen LogP contribution is 2.22. The van der Waals surface area contributed by atoms with Gasteiger partial charge in [-0.2, -0.15) is 0 Å². The van der Waals surface area contributed by atoms with Crippen molar-refractivity contribution in [2.24, 2.45) is 0 Å². The summed E-state index contributed by atoms with van der Waals surface area (Å²) >= 11 is 0. The molecule has 5 heteroatoms. The number of esters is 1. The van der Waals surface area contributed by atoms with Gasteiger partial charge < -0.3 is 15.0 Å². The Hall–Kier alpha value is -1.88. The number of unbranched alkanes of at least 4 members (excludes halogenated alkanes) is 2. The van der Waals surface area contributed by atoms with Gasteiger partial charge in [0, 0.05) is 6.54 Å². The van der Waals surface area contributed by atoms with Crippen molar-refractivity contribution in [2.75, 3.05) is 13.1 Å². The van der Waals surface area contributed by atoms with Crippen molar-refractivity contribution < 1.29 is 14.3 Å². The molecule has 0 saturated carbocycles. The molecule has 2 rings (SSSR count). The van der Waals surface area contributed by atoms with Crippen molar-refractivity contribution in [2.45, 2.75) is 83.9 Å². The minimum absolute atomic E-state index is 0.00807. The molecule has 1 heterocycles. The van der Waals surface area contributed by atoms with E-state index in [0.29, 0.717) is 19.4 Å². The average Bonchev–Trinajstić information content (AvgIpc) is 3.13. The number of likely N-dealkylation sites (tertiary alicyclic amines) is 1. The first-order chi connectivity index (χ1) is 13.3. The van der Waals surface area contributed by atoms with E-state index in [1.54, 1.807) is 4.90 Å². The van der Waals surface area contributed by atoms with Gasteiger partial charge >= 0.3 is 5.97 Å². The molecule has 2 atom stereocenters. The monoisotopic (exact) mass is 388 g/mol. The van der Waals surface area contributed by atoms with Gasteiger partial charge in [-0.15, -0.1) is 0 Å². The standard InChI is InChI=1S/C23H36N2O3/c1-5-6-10-15-24-19(17-18-12-8-7-9-13-18)21(26)25-16-11-14-20(25)22(27)28-23(2,3)4/h7-9,12-13,19-20,24H,5-6,10-11,14-17H2,1-4H3/t19-,20+/m1/s1. The van der Waals surface area contributed by atoms with E-state index in [-0.39, 0.29) is 17.9 Å². The molecule has 0 unspecified atom stereocenters. The number of benzene rings is 1. The van der Waals surface area contributed by atoms with Crippen molar-refractivity contribution in [3.8, 4) is 0 Å². The van der Waals surface area contributed by atoms with Gasteiger partial charge in [-0.25, -0.2) is 4.79 Å². The van der Waals surface area contributed by atoms with Crippen LogP contribution in [0.4, 0.5) is 0 Å². The summed E-state index contributed by atoms with van der Waals surface area (Å²) in [6.07, 6.45) is 5.47. The molecule has 1 fully saturated rings. The Morgan fingerprint density at radius 1 is 1.21 bits per heavy atom. The van der Waals surface area contributed by atoms with Crippen molar-refractivity contribution >= 4 is 11.9 Å². The van der Waals surface area contributed by atoms with E-state index in [4.69, 9.17) is 4.74 Å². The van der Waals surface area contributed by atoms with Crippen LogP contribution in [0, 0.1) is 0 Å². The molecule has 0 spiro atoms. The first-order valence-electron chi connectivity index (χ1n) is 10.6. The van der Waals surface area contributed by atoms with Crippen LogP contribution in [0.5, 0.6) is 0 Å². The second kappa shape index (κ2) is 10.6. The van der Waals surface area contributed by atoms with Crippen LogP contribution in [0.15, 0.2) is 30.3 Å². The van der Waals surface area contributed by atoms with Crippen LogP contribution in [0.25, 0.3) is 0 Å². The Kier molecular flexibility index (Phi) is 8.49. The predicted octanol–water partition coefficient (Wildman–Crippen LogP) is 3.71. The molecule has 1 aliphatic heterocycles. The van der Waals surface area contributed by atoms with Crippen LogP contribution in [-0.4, -0.2) is 47.6 Å². The summed E-state index contributed by atoms with van der Waals surface area (Å²) in [4.78, 5) is 27.7. The van der Waals surface area contributed by atoms with E-state index >= 15 is 0 Å². The molecule has 1 aromatic rings. The highest BCUT2D eigenvalue weighted by atomic mass is 16.6. The topological polar surface area (TPSA) is 58.6 Å². The van der Waals surface area contributed by atoms with E-state index in [2.05, 4.69) is 12.2 Å². The maximum absolute atomic E-state index is 13.3. The second-order valence-corrected chi connectivity index (χ2v) is 8.63. The zero-order valence-electron chi connectivity index (χ0n) is 17.9. The summed E-state index contributed by atoms with van der Waals surface area (Å²) in [7, 11) is 0. The normalized spacial score (nSPS) is 18.1. The van der Waals surface area contributed by atoms with E-state index in [1.807, 2.05) is 51.1 Å². The molecule has 1 amide bonds. The summed E-state index contributed by atoms with van der Waals surface area (Å²) in [5.74, 6) is -0.281. The summed E-state index contributed by atoms with van der Waals surface area (Å²) in [5.41, 5.74) is 0.577. The molecule has 1 saturated heterocycles. The van der Waals surface area contributed by atoms with E-state index < -0.39 is 11.6 Å². The minimum Gasteiger partial charge on any atom is -0.458 e. The van der Waals surface area contributed by atoms with Crippen LogP contribution in [0.1, 0.15) is 65.4 Å². The van der Waals surface area contributed by atoms with Crippen LogP contribution < -0.4 is 5.32 Å². The molecular weight excluding hydrogens is 352 g/mol. The molecule has 1 N–H and O–H groups in total. The highest BCUT2D eigenvalue weighted by Gasteiger charge is 2.39. The summed E-state index contributed by atoms with van der Waals surface area (Å²) in [5, 5.41) is 3.44. The Morgan fingerprint density at radius 3 is 2.57 bits per heavy atom. The predicted molar refractivity (Wildman–Crippen MR) is 112 cm³/mol. The summed E-state index contributed by atoms with van der Waals surface area (Å²) in [6.45, 7) is 9.17. The third-order valence-electron chi connectivity index (χ3n) is 4.97. The fourth-order valence-electron chi connectivity index (χ4n) is 3.59. The smallest absolute Gasteiger partial charge is 0.329 e. The number of ether oxygens (including phenoxy) is 1. The van der Waals surface area contributed by atoms with E-state index in [9.17, 15) is 9.59 Å². The number of hydrogen-bond acceptors (Lipinski definition) is 4. The molecule has 0 bridgehead atoms. The van der Waals surface area contributed by atoms with Gasteiger partial charge in [-0.3, -0.25) is 4.79 Å². The second-order valence-electron chi connectivity index (χ2n) is 8.63. The Balaban J connectivity index is 2.09. The van der Waals surface area contributed by atoms with Gasteiger partial charge in [0.15, 0.2) is 0 Å². The minimum atomic E-state index is -0.545. The Labute approximate surface area is 169 Å². The molecular formula is C23H36N2O3. The Bertz CT molecular complexity index is 624. The average molecular weight is 389 g/mol. The maximum atomic E-state index is 13.3. The van der Waals surface area contributed by atoms with Gasteiger partial charge in [-0.1, -0.05) is 50.1 Å². The lowest BCUT2D eigenvalue weighted by Gasteiger charge is -2.30. The number of carbonyl (C=O) groups excluding carboxylic acids is 2. The fourth-order valence-corrected chi connectivity index (χ4v) is 3.59. The van der Waals surface area contributed by atoms with Gasteiger partial charge in [-0.05, 0) is 58.6 Å². The molecule has 28 heavy (non-hydrogen) atoms. The van der Waals surface area contributed by atoms with Crippen molar-refractivity contribution in [1.82, 2.24) is 10.2 Å². The molecule has 1 aromatic carbocycles. The SMILES string of the molecule is CCCCCN[C@H](Cc1ccccc1)C(=O)N1CCC[C@H]1C(=O)OC(C)(C)C. The number of nitrogens with zero attached hydrogens (tertiary/aromatic N) is 1. The number of nitrogens with one attached hydrogen (secondary N) is 1. The van der Waals surface area contributed by atoms with Crippen LogP contribution in [0.2, 0.25) is 0 Å². The van der Waals surface area contributed by atoms with E-state index in [0.717, 1.165) is 37.8 Å². The first-order valence-corrected chi connectivity index (χ1v) is 10.6. The maximum Gasteiger partial charge on any atom is 0.329 e. The highest BCUT2D eigenvalue weighted by molar-refractivity contribution is 5.88. The third kappa shape index (κ3) is 6.93. The van der Waals surface area contributed by atoms with Gasteiger partial charge in [0.05, 0.1) is 6.04 Å². The van der Waals surface area contributed by atoms with E-state index in [1.165, 1.54) is 0 Å². The zero-order valence-corrected chi connectivity index (χ0v) is 17.9. The largest absolute Gasteiger partial charge is 0.458 e. The Morgan fingerprint density at radius 2 is 1.93 bits per heavy atom. The number of carbonyl (C=O) groups is 2. The van der Waals surface area contributed by atoms with Crippen molar-refractivity contribution in [3.05, 3.63) is 35.9 Å². The lowest BCUT2D eigenvalue weighted by molar-refractivity contribution is -0.163. The number of amides is 1. The lowest BCUT2D eigenvalue weighted by Crippen LogP contribution is -2.52. The molecule has 0 aromatic heterocycles. The van der Waals surface area contributed by atoms with Crippen molar-refractivity contribution in [1.29, 1.82) is 0 Å². The molecule has 1 aliphatic rings. The number of rotatable bonds is 9. The fraction of sp³-hybridized carbons (Fsp3) is 0.652.